The van der Waals surface area contributed by atoms with Gasteiger partial charge in [-0.1, -0.05) is 30.3 Å². The molecule has 3 amide bonds. The van der Waals surface area contributed by atoms with E-state index < -0.39 is 11.8 Å². The van der Waals surface area contributed by atoms with E-state index in [9.17, 15) is 14.4 Å². The Morgan fingerprint density at radius 3 is 2.31 bits per heavy atom. The number of rotatable bonds is 8. The maximum Gasteiger partial charge on any atom is 0.312 e. The second-order valence-corrected chi connectivity index (χ2v) is 6.02. The lowest BCUT2D eigenvalue weighted by Crippen LogP contribution is -2.56. The first-order valence-electron chi connectivity index (χ1n) is 8.66. The number of benzene rings is 1. The Morgan fingerprint density at radius 2 is 1.69 bits per heavy atom. The van der Waals surface area contributed by atoms with Gasteiger partial charge < -0.3 is 20.4 Å². The highest BCUT2D eigenvalue weighted by Gasteiger charge is 2.33. The van der Waals surface area contributed by atoms with Crippen LogP contribution in [0.25, 0.3) is 0 Å². The van der Waals surface area contributed by atoms with E-state index in [0.717, 1.165) is 12.0 Å². The smallest absolute Gasteiger partial charge is 0.312 e. The second-order valence-electron chi connectivity index (χ2n) is 6.02. The Labute approximate surface area is 160 Å². The first kappa shape index (κ1) is 21.9. The van der Waals surface area contributed by atoms with Gasteiger partial charge in [-0.3, -0.25) is 14.4 Å². The monoisotopic (exact) mass is 382 g/mol. The molecule has 0 atom stereocenters. The van der Waals surface area contributed by atoms with Crippen molar-refractivity contribution in [2.75, 3.05) is 45.8 Å². The zero-order valence-corrected chi connectivity index (χ0v) is 15.9. The molecule has 1 heterocycles. The van der Waals surface area contributed by atoms with E-state index in [1.165, 1.54) is 9.80 Å². The van der Waals surface area contributed by atoms with E-state index in [1.807, 2.05) is 37.3 Å². The third kappa shape index (κ3) is 5.71. The highest BCUT2D eigenvalue weighted by atomic mass is 35.5. The van der Waals surface area contributed by atoms with Crippen molar-refractivity contribution in [1.29, 1.82) is 0 Å². The van der Waals surface area contributed by atoms with Crippen molar-refractivity contribution in [3.05, 3.63) is 35.9 Å². The van der Waals surface area contributed by atoms with Gasteiger partial charge in [-0.05, 0) is 18.9 Å². The normalized spacial score (nSPS) is 14.2. The second kappa shape index (κ2) is 10.8. The van der Waals surface area contributed by atoms with Crippen molar-refractivity contribution in [2.24, 2.45) is 5.73 Å². The van der Waals surface area contributed by atoms with E-state index in [1.54, 1.807) is 4.90 Å². The van der Waals surface area contributed by atoms with Crippen LogP contribution < -0.4 is 5.73 Å². The van der Waals surface area contributed by atoms with E-state index in [0.29, 0.717) is 39.3 Å². The van der Waals surface area contributed by atoms with Crippen molar-refractivity contribution in [3.8, 4) is 0 Å². The summed E-state index contributed by atoms with van der Waals surface area (Å²) in [7, 11) is 0. The first-order valence-corrected chi connectivity index (χ1v) is 8.66. The van der Waals surface area contributed by atoms with Crippen LogP contribution in [0.3, 0.4) is 0 Å². The number of likely N-dealkylation sites (N-methyl/N-ethyl adjacent to an activating group) is 1. The summed E-state index contributed by atoms with van der Waals surface area (Å²) in [5.41, 5.74) is 6.76. The Balaban J connectivity index is 0.00000338. The highest BCUT2D eigenvalue weighted by Crippen LogP contribution is 2.07. The molecule has 0 saturated carbocycles. The topological polar surface area (TPSA) is 86.9 Å². The lowest BCUT2D eigenvalue weighted by Gasteiger charge is -2.34. The minimum atomic E-state index is -0.600. The number of hydrogen-bond donors (Lipinski definition) is 1. The van der Waals surface area contributed by atoms with Gasteiger partial charge in [-0.15, -0.1) is 12.4 Å². The summed E-state index contributed by atoms with van der Waals surface area (Å²) in [6.07, 6.45) is 0.725. The molecule has 0 bridgehead atoms. The van der Waals surface area contributed by atoms with Gasteiger partial charge in [-0.25, -0.2) is 0 Å². The van der Waals surface area contributed by atoms with Gasteiger partial charge in [0, 0.05) is 39.3 Å². The zero-order valence-electron chi connectivity index (χ0n) is 15.1. The molecule has 26 heavy (non-hydrogen) atoms. The minimum absolute atomic E-state index is 0. The van der Waals surface area contributed by atoms with Crippen LogP contribution in [-0.2, 0) is 20.8 Å². The molecule has 0 aromatic heterocycles. The lowest BCUT2D eigenvalue weighted by molar-refractivity contribution is -0.157. The molecular weight excluding hydrogens is 356 g/mol. The van der Waals surface area contributed by atoms with Gasteiger partial charge in [0.15, 0.2) is 0 Å². The molecule has 2 rings (SSSR count). The SMILES string of the molecule is CCN1CCN(CC(=O)N(CCN)CCc2ccccc2)C(=O)C1=O.Cl. The summed E-state index contributed by atoms with van der Waals surface area (Å²) in [5.74, 6) is -1.30. The van der Waals surface area contributed by atoms with Gasteiger partial charge in [-0.2, -0.15) is 0 Å². The van der Waals surface area contributed by atoms with Crippen molar-refractivity contribution >= 4 is 30.1 Å². The Bertz CT molecular complexity index is 612. The molecule has 1 aromatic rings. The predicted molar refractivity (Wildman–Crippen MR) is 102 cm³/mol. The number of amides is 3. The van der Waals surface area contributed by atoms with E-state index in [4.69, 9.17) is 5.73 Å². The zero-order chi connectivity index (χ0) is 18.2. The summed E-state index contributed by atoms with van der Waals surface area (Å²) < 4.78 is 0. The number of halogens is 1. The van der Waals surface area contributed by atoms with Gasteiger partial charge in [0.1, 0.15) is 6.54 Å². The number of nitrogens with two attached hydrogens (primary N) is 1. The fourth-order valence-electron chi connectivity index (χ4n) is 2.86. The predicted octanol–water partition coefficient (Wildman–Crippen LogP) is 0.129. The van der Waals surface area contributed by atoms with Gasteiger partial charge in [0.25, 0.3) is 0 Å². The summed E-state index contributed by atoms with van der Waals surface area (Å²) in [5, 5.41) is 0. The van der Waals surface area contributed by atoms with E-state index >= 15 is 0 Å². The van der Waals surface area contributed by atoms with Gasteiger partial charge >= 0.3 is 11.8 Å². The van der Waals surface area contributed by atoms with E-state index in [2.05, 4.69) is 0 Å². The number of carbonyl (C=O) groups excluding carboxylic acids is 3. The maximum absolute atomic E-state index is 12.6. The van der Waals surface area contributed by atoms with Crippen molar-refractivity contribution < 1.29 is 14.4 Å². The molecule has 0 aliphatic carbocycles. The lowest BCUT2D eigenvalue weighted by atomic mass is 10.1. The standard InChI is InChI=1S/C18H26N4O3.ClH/c1-2-20-12-13-22(18(25)17(20)24)14-16(23)21(11-9-19)10-8-15-6-4-3-5-7-15;/h3-7H,2,8-14,19H2,1H3;1H. The molecule has 2 N–H and O–H groups in total. The molecule has 7 nitrogen and oxygen atoms in total. The highest BCUT2D eigenvalue weighted by molar-refractivity contribution is 6.35. The average Bonchev–Trinajstić information content (AvgIpc) is 2.63. The number of carbonyl (C=O) groups is 3. The molecule has 0 radical (unpaired) electrons. The minimum Gasteiger partial charge on any atom is -0.340 e. The van der Waals surface area contributed by atoms with Crippen LogP contribution >= 0.6 is 12.4 Å². The average molecular weight is 383 g/mol. The first-order chi connectivity index (χ1) is 12.1. The van der Waals surface area contributed by atoms with Crippen LogP contribution in [0, 0.1) is 0 Å². The summed E-state index contributed by atoms with van der Waals surface area (Å²) in [6, 6.07) is 9.89. The quantitative estimate of drug-likeness (QED) is 0.647. The van der Waals surface area contributed by atoms with Crippen molar-refractivity contribution in [2.45, 2.75) is 13.3 Å². The third-order valence-electron chi connectivity index (χ3n) is 4.37. The molecule has 144 valence electrons. The number of hydrogen-bond acceptors (Lipinski definition) is 4. The van der Waals surface area contributed by atoms with Crippen LogP contribution in [0.4, 0.5) is 0 Å². The molecule has 1 aliphatic rings. The number of piperazine rings is 1. The van der Waals surface area contributed by atoms with Gasteiger partial charge in [0.05, 0.1) is 0 Å². The van der Waals surface area contributed by atoms with E-state index in [-0.39, 0.29) is 24.9 Å². The fourth-order valence-corrected chi connectivity index (χ4v) is 2.86. The molecule has 1 aliphatic heterocycles. The van der Waals surface area contributed by atoms with Crippen LogP contribution in [0.5, 0.6) is 0 Å². The maximum atomic E-state index is 12.6. The molecule has 1 fully saturated rings. The van der Waals surface area contributed by atoms with Crippen LogP contribution in [0.2, 0.25) is 0 Å². The Kier molecular flexibility index (Phi) is 9.09. The Morgan fingerprint density at radius 1 is 1.08 bits per heavy atom. The van der Waals surface area contributed by atoms with Gasteiger partial charge in [0.2, 0.25) is 5.91 Å². The summed E-state index contributed by atoms with van der Waals surface area (Å²) in [6.45, 7) is 4.45. The summed E-state index contributed by atoms with van der Waals surface area (Å²) in [4.78, 5) is 41.1. The van der Waals surface area contributed by atoms with Crippen molar-refractivity contribution in [1.82, 2.24) is 14.7 Å². The van der Waals surface area contributed by atoms with Crippen LogP contribution in [0.15, 0.2) is 30.3 Å². The summed E-state index contributed by atoms with van der Waals surface area (Å²) >= 11 is 0. The molecule has 0 unspecified atom stereocenters. The number of nitrogens with zero attached hydrogens (tertiary/aromatic N) is 3. The fraction of sp³-hybridized carbons (Fsp3) is 0.500. The molecule has 1 aromatic carbocycles. The van der Waals surface area contributed by atoms with Crippen molar-refractivity contribution in [3.63, 3.8) is 0 Å². The van der Waals surface area contributed by atoms with Crippen LogP contribution in [0.1, 0.15) is 12.5 Å². The van der Waals surface area contributed by atoms with Crippen LogP contribution in [-0.4, -0.2) is 78.2 Å². The molecule has 0 spiro atoms. The molecular formula is C18H27ClN4O3. The Hall–Kier alpha value is -2.12. The largest absolute Gasteiger partial charge is 0.340 e. The molecule has 1 saturated heterocycles. The third-order valence-corrected chi connectivity index (χ3v) is 4.37. The molecule has 8 heteroatoms.